The fourth-order valence-corrected chi connectivity index (χ4v) is 4.87. The van der Waals surface area contributed by atoms with Gasteiger partial charge < -0.3 is 9.73 Å². The number of amides is 1. The Morgan fingerprint density at radius 2 is 1.91 bits per heavy atom. The molecule has 6 nitrogen and oxygen atoms in total. The monoisotopic (exact) mass is 498 g/mol. The lowest BCUT2D eigenvalue weighted by atomic mass is 10.2. The van der Waals surface area contributed by atoms with Crippen LogP contribution in [0.25, 0.3) is 0 Å². The van der Waals surface area contributed by atoms with Gasteiger partial charge in [0.05, 0.1) is 35.6 Å². The first-order chi connectivity index (χ1) is 15.5. The molecule has 174 valence electrons. The van der Waals surface area contributed by atoms with E-state index in [9.17, 15) is 26.4 Å². The van der Waals surface area contributed by atoms with Crippen molar-refractivity contribution in [2.24, 2.45) is 0 Å². The molecule has 0 saturated heterocycles. The quantitative estimate of drug-likeness (QED) is 0.429. The van der Waals surface area contributed by atoms with E-state index in [4.69, 9.17) is 16.0 Å². The van der Waals surface area contributed by atoms with Crippen molar-refractivity contribution in [3.05, 3.63) is 95.4 Å². The van der Waals surface area contributed by atoms with E-state index in [-0.39, 0.29) is 29.4 Å². The number of anilines is 1. The van der Waals surface area contributed by atoms with Crippen LogP contribution in [0.1, 0.15) is 21.7 Å². The van der Waals surface area contributed by atoms with Crippen molar-refractivity contribution in [2.75, 3.05) is 10.8 Å². The number of furan rings is 1. The molecule has 0 atom stereocenters. The highest BCUT2D eigenvalue weighted by Gasteiger charge is 2.33. The van der Waals surface area contributed by atoms with Gasteiger partial charge in [0, 0.05) is 5.56 Å². The van der Waals surface area contributed by atoms with Gasteiger partial charge >= 0.3 is 6.18 Å². The van der Waals surface area contributed by atoms with Crippen molar-refractivity contribution in [3.63, 3.8) is 0 Å². The topological polar surface area (TPSA) is 79.6 Å². The SMILES string of the molecule is C=CCN(c1cccc(C(F)(F)F)c1)S(=O)(=O)c1cc(C(=O)NCc2ccco2)ccc1Cl. The highest BCUT2D eigenvalue weighted by Crippen LogP contribution is 2.34. The first-order valence-electron chi connectivity index (χ1n) is 9.45. The number of benzene rings is 2. The fourth-order valence-electron chi connectivity index (χ4n) is 2.94. The molecule has 1 heterocycles. The number of halogens is 4. The molecule has 33 heavy (non-hydrogen) atoms. The molecule has 0 aliphatic carbocycles. The number of carbonyl (C=O) groups excluding carboxylic acids is 1. The van der Waals surface area contributed by atoms with Crippen LogP contribution in [0.5, 0.6) is 0 Å². The Kier molecular flexibility index (Phi) is 7.19. The Morgan fingerprint density at radius 3 is 2.55 bits per heavy atom. The van der Waals surface area contributed by atoms with Crippen LogP contribution >= 0.6 is 11.6 Å². The molecular weight excluding hydrogens is 481 g/mol. The number of rotatable bonds is 8. The predicted molar refractivity (Wildman–Crippen MR) is 118 cm³/mol. The van der Waals surface area contributed by atoms with E-state index in [1.54, 1.807) is 12.1 Å². The van der Waals surface area contributed by atoms with Crippen LogP contribution in [0.4, 0.5) is 18.9 Å². The van der Waals surface area contributed by atoms with Crippen molar-refractivity contribution in [1.29, 1.82) is 0 Å². The molecule has 0 bridgehead atoms. The van der Waals surface area contributed by atoms with Gasteiger partial charge in [-0.05, 0) is 48.5 Å². The Balaban J connectivity index is 1.97. The molecule has 0 saturated carbocycles. The number of sulfonamides is 1. The second kappa shape index (κ2) is 9.72. The number of carbonyl (C=O) groups is 1. The van der Waals surface area contributed by atoms with Gasteiger partial charge in [0.1, 0.15) is 10.7 Å². The minimum atomic E-state index is -4.66. The van der Waals surface area contributed by atoms with E-state index in [0.717, 1.165) is 28.6 Å². The molecule has 1 amide bonds. The van der Waals surface area contributed by atoms with Gasteiger partial charge in [-0.15, -0.1) is 6.58 Å². The average molecular weight is 499 g/mol. The van der Waals surface area contributed by atoms with Gasteiger partial charge in [-0.25, -0.2) is 8.42 Å². The molecule has 0 aliphatic rings. The second-order valence-electron chi connectivity index (χ2n) is 6.78. The minimum absolute atomic E-state index is 0.00729. The van der Waals surface area contributed by atoms with Crippen molar-refractivity contribution >= 4 is 33.2 Å². The molecule has 0 fully saturated rings. The Morgan fingerprint density at radius 1 is 1.15 bits per heavy atom. The first kappa shape index (κ1) is 24.4. The third-order valence-corrected chi connectivity index (χ3v) is 6.80. The molecule has 11 heteroatoms. The normalized spacial score (nSPS) is 11.8. The summed E-state index contributed by atoms with van der Waals surface area (Å²) in [4.78, 5) is 12.1. The largest absolute Gasteiger partial charge is 0.467 e. The first-order valence-corrected chi connectivity index (χ1v) is 11.3. The van der Waals surface area contributed by atoms with E-state index in [1.807, 2.05) is 0 Å². The van der Waals surface area contributed by atoms with Crippen LogP contribution in [0, 0.1) is 0 Å². The predicted octanol–water partition coefficient (Wildman–Crippen LogP) is 5.26. The van der Waals surface area contributed by atoms with Gasteiger partial charge in [0.25, 0.3) is 15.9 Å². The lowest BCUT2D eigenvalue weighted by Crippen LogP contribution is -2.32. The molecule has 0 radical (unpaired) electrons. The number of hydrogen-bond acceptors (Lipinski definition) is 4. The standard InChI is InChI=1S/C22H18ClF3N2O4S/c1-2-10-28(17-6-3-5-16(13-17)22(24,25)26)33(30,31)20-12-15(8-9-19(20)23)21(29)27-14-18-7-4-11-32-18/h2-9,11-13H,1,10,14H2,(H,27,29). The van der Waals surface area contributed by atoms with Gasteiger partial charge in [-0.3, -0.25) is 9.10 Å². The molecule has 3 rings (SSSR count). The Labute approximate surface area is 193 Å². The highest BCUT2D eigenvalue weighted by molar-refractivity contribution is 7.93. The summed E-state index contributed by atoms with van der Waals surface area (Å²) in [7, 11) is -4.46. The molecule has 0 spiro atoms. The zero-order valence-corrected chi connectivity index (χ0v) is 18.5. The maximum atomic E-state index is 13.4. The summed E-state index contributed by atoms with van der Waals surface area (Å²) in [6, 6.07) is 10.8. The van der Waals surface area contributed by atoms with E-state index < -0.39 is 32.6 Å². The number of nitrogens with one attached hydrogen (secondary N) is 1. The van der Waals surface area contributed by atoms with Crippen LogP contribution in [0.15, 0.2) is 82.8 Å². The molecule has 1 N–H and O–H groups in total. The third-order valence-electron chi connectivity index (χ3n) is 4.52. The fraction of sp³-hybridized carbons (Fsp3) is 0.136. The maximum absolute atomic E-state index is 13.4. The van der Waals surface area contributed by atoms with E-state index in [2.05, 4.69) is 11.9 Å². The Hall–Kier alpha value is -3.24. The van der Waals surface area contributed by atoms with Gasteiger partial charge in [0.2, 0.25) is 0 Å². The molecule has 0 unspecified atom stereocenters. The van der Waals surface area contributed by atoms with E-state index in [0.29, 0.717) is 5.76 Å². The average Bonchev–Trinajstić information content (AvgIpc) is 3.29. The summed E-state index contributed by atoms with van der Waals surface area (Å²) >= 11 is 6.12. The summed E-state index contributed by atoms with van der Waals surface area (Å²) in [6.07, 6.45) is -1.99. The number of nitrogens with zero attached hydrogens (tertiary/aromatic N) is 1. The van der Waals surface area contributed by atoms with Gasteiger partial charge in [-0.1, -0.05) is 23.7 Å². The zero-order chi connectivity index (χ0) is 24.2. The van der Waals surface area contributed by atoms with Crippen LogP contribution in [-0.4, -0.2) is 20.9 Å². The molecule has 2 aromatic carbocycles. The second-order valence-corrected chi connectivity index (χ2v) is 9.02. The smallest absolute Gasteiger partial charge is 0.416 e. The summed E-state index contributed by atoms with van der Waals surface area (Å²) in [6.45, 7) is 3.24. The molecule has 1 aromatic heterocycles. The van der Waals surface area contributed by atoms with Crippen molar-refractivity contribution in [3.8, 4) is 0 Å². The van der Waals surface area contributed by atoms with Crippen molar-refractivity contribution in [1.82, 2.24) is 5.32 Å². The molecular formula is C22H18ClF3N2O4S. The highest BCUT2D eigenvalue weighted by atomic mass is 35.5. The lowest BCUT2D eigenvalue weighted by molar-refractivity contribution is -0.137. The summed E-state index contributed by atoms with van der Waals surface area (Å²) in [5.74, 6) is -0.0966. The summed E-state index contributed by atoms with van der Waals surface area (Å²) in [5.41, 5.74) is -1.25. The van der Waals surface area contributed by atoms with E-state index in [1.165, 1.54) is 30.5 Å². The lowest BCUT2D eigenvalue weighted by Gasteiger charge is -2.24. The van der Waals surface area contributed by atoms with Gasteiger partial charge in [-0.2, -0.15) is 13.2 Å². The van der Waals surface area contributed by atoms with Crippen LogP contribution < -0.4 is 9.62 Å². The summed E-state index contributed by atoms with van der Waals surface area (Å²) < 4.78 is 72.1. The van der Waals surface area contributed by atoms with Gasteiger partial charge in [0.15, 0.2) is 0 Å². The molecule has 0 aliphatic heterocycles. The van der Waals surface area contributed by atoms with Crippen LogP contribution in [-0.2, 0) is 22.7 Å². The van der Waals surface area contributed by atoms with Crippen molar-refractivity contribution < 1.29 is 30.8 Å². The molecule has 3 aromatic rings. The third kappa shape index (κ3) is 5.58. The Bertz CT molecular complexity index is 1260. The number of hydrogen-bond donors (Lipinski definition) is 1. The zero-order valence-electron chi connectivity index (χ0n) is 17.0. The van der Waals surface area contributed by atoms with Crippen LogP contribution in [0.3, 0.4) is 0 Å². The summed E-state index contributed by atoms with van der Waals surface area (Å²) in [5, 5.41) is 2.39. The minimum Gasteiger partial charge on any atom is -0.467 e. The van der Waals surface area contributed by atoms with E-state index >= 15 is 0 Å². The number of alkyl halides is 3. The van der Waals surface area contributed by atoms with Crippen LogP contribution in [0.2, 0.25) is 5.02 Å². The maximum Gasteiger partial charge on any atom is 0.416 e. The van der Waals surface area contributed by atoms with Crippen molar-refractivity contribution in [2.45, 2.75) is 17.6 Å².